The number of esters is 1. The molecule has 12 heteroatoms. The number of fused-ring (bicyclic) bond motifs is 2. The van der Waals surface area contributed by atoms with Gasteiger partial charge in [0, 0.05) is 12.2 Å². The van der Waals surface area contributed by atoms with Gasteiger partial charge in [-0.1, -0.05) is 64.7 Å². The maximum Gasteiger partial charge on any atom is 0.410 e. The van der Waals surface area contributed by atoms with Crippen LogP contribution in [-0.2, 0) is 29.3 Å². The molecule has 3 heterocycles. The molecule has 0 unspecified atom stereocenters. The number of anilines is 1. The lowest BCUT2D eigenvalue weighted by atomic mass is 9.73. The topological polar surface area (TPSA) is 105 Å². The summed E-state index contributed by atoms with van der Waals surface area (Å²) in [7, 11) is 1.27. The minimum atomic E-state index is -1.16. The third kappa shape index (κ3) is 6.52. The monoisotopic (exact) mass is 615 g/mol. The number of hydrogen-bond acceptors (Lipinski definition) is 6. The molecule has 0 aromatic heterocycles. The summed E-state index contributed by atoms with van der Waals surface area (Å²) in [6.07, 6.45) is 2.47. The van der Waals surface area contributed by atoms with Crippen molar-refractivity contribution >= 4 is 64.4 Å². The fourth-order valence-corrected chi connectivity index (χ4v) is 5.69. The minimum Gasteiger partial charge on any atom is -0.467 e. The highest BCUT2D eigenvalue weighted by Gasteiger charge is 2.64. The van der Waals surface area contributed by atoms with Crippen LogP contribution in [0.15, 0.2) is 35.9 Å². The number of hydrogen-bond donors (Lipinski definition) is 1. The molecule has 0 radical (unpaired) electrons. The lowest BCUT2D eigenvalue weighted by molar-refractivity contribution is -0.153. The summed E-state index contributed by atoms with van der Waals surface area (Å²) in [6.45, 7) is 9.49. The Balaban J connectivity index is 0.00000103. The second kappa shape index (κ2) is 12.6. The summed E-state index contributed by atoms with van der Waals surface area (Å²) in [4.78, 5) is 56.8. The van der Waals surface area contributed by atoms with Crippen molar-refractivity contribution in [3.05, 3.63) is 41.5 Å². The van der Waals surface area contributed by atoms with E-state index in [4.69, 9.17) is 44.3 Å². The summed E-state index contributed by atoms with van der Waals surface area (Å²) in [5, 5.41) is 2.95. The van der Waals surface area contributed by atoms with Crippen LogP contribution in [0.25, 0.3) is 0 Å². The molecule has 2 fully saturated rings. The predicted octanol–water partition coefficient (Wildman–Crippen LogP) is 5.37. The van der Waals surface area contributed by atoms with Gasteiger partial charge in [0.1, 0.15) is 23.1 Å². The van der Waals surface area contributed by atoms with Crippen LogP contribution in [-0.4, -0.2) is 75.4 Å². The van der Waals surface area contributed by atoms with E-state index in [0.717, 1.165) is 11.1 Å². The zero-order valence-electron chi connectivity index (χ0n) is 23.5. The lowest BCUT2D eigenvalue weighted by Gasteiger charge is -2.36. The zero-order valence-corrected chi connectivity index (χ0v) is 25.8. The number of carbonyl (C=O) groups excluding carboxylic acids is 4. The molecule has 1 aromatic rings. The normalized spacial score (nSPS) is 25.2. The maximum atomic E-state index is 14.2. The molecule has 9 nitrogen and oxygen atoms in total. The number of methoxy groups -OCH3 is 1. The molecule has 1 aromatic carbocycles. The number of nitrogens with one attached hydrogen (secondary N) is 1. The van der Waals surface area contributed by atoms with Gasteiger partial charge in [-0.3, -0.25) is 14.5 Å². The number of carbonyl (C=O) groups is 4. The fourth-order valence-electron chi connectivity index (χ4n) is 5.69. The molecule has 3 aliphatic heterocycles. The number of benzene rings is 1. The van der Waals surface area contributed by atoms with Crippen molar-refractivity contribution in [2.75, 3.05) is 19.0 Å². The first-order chi connectivity index (χ1) is 18.6. The van der Waals surface area contributed by atoms with Crippen LogP contribution < -0.4 is 5.32 Å². The molecule has 1 spiro atoms. The average molecular weight is 617 g/mol. The van der Waals surface area contributed by atoms with Crippen molar-refractivity contribution in [1.29, 1.82) is 0 Å². The lowest BCUT2D eigenvalue weighted by Crippen LogP contribution is -2.56. The van der Waals surface area contributed by atoms with Gasteiger partial charge < -0.3 is 19.7 Å². The van der Waals surface area contributed by atoms with Crippen LogP contribution in [0.3, 0.4) is 0 Å². The van der Waals surface area contributed by atoms with Gasteiger partial charge in [-0.15, -0.1) is 0 Å². The van der Waals surface area contributed by atoms with E-state index in [2.05, 4.69) is 5.32 Å². The van der Waals surface area contributed by atoms with E-state index in [9.17, 15) is 19.2 Å². The van der Waals surface area contributed by atoms with E-state index >= 15 is 0 Å². The summed E-state index contributed by atoms with van der Waals surface area (Å²) in [5.41, 5.74) is 0.448. The molecule has 220 valence electrons. The number of amides is 3. The van der Waals surface area contributed by atoms with Gasteiger partial charge in [0.25, 0.3) is 0 Å². The highest BCUT2D eigenvalue weighted by molar-refractivity contribution is 6.63. The highest BCUT2D eigenvalue weighted by Crippen LogP contribution is 2.51. The largest absolute Gasteiger partial charge is 0.467 e. The molecule has 40 heavy (non-hydrogen) atoms. The third-order valence-corrected chi connectivity index (χ3v) is 7.10. The summed E-state index contributed by atoms with van der Waals surface area (Å²) < 4.78 is 9.91. The Labute approximate surface area is 250 Å². The Bertz CT molecular complexity index is 1180. The molecule has 1 N–H and O–H groups in total. The van der Waals surface area contributed by atoms with E-state index in [1.54, 1.807) is 20.8 Å². The highest BCUT2D eigenvalue weighted by atomic mass is 35.6. The Hall–Kier alpha value is -2.49. The van der Waals surface area contributed by atoms with E-state index in [-0.39, 0.29) is 18.2 Å². The second-order valence-electron chi connectivity index (χ2n) is 11.2. The first kappa shape index (κ1) is 32.0. The Morgan fingerprint density at radius 1 is 1.12 bits per heavy atom. The van der Waals surface area contributed by atoms with Crippen molar-refractivity contribution in [1.82, 2.24) is 9.80 Å². The van der Waals surface area contributed by atoms with Crippen LogP contribution in [0.4, 0.5) is 10.5 Å². The number of halogens is 3. The first-order valence-electron chi connectivity index (χ1n) is 13.0. The van der Waals surface area contributed by atoms with Gasteiger partial charge in [0.15, 0.2) is 4.30 Å². The molecular weight excluding hydrogens is 581 g/mol. The summed E-state index contributed by atoms with van der Waals surface area (Å²) in [6, 6.07) is 4.85. The van der Waals surface area contributed by atoms with Crippen LogP contribution in [0.2, 0.25) is 0 Å². The molecule has 0 aliphatic carbocycles. The molecule has 4 atom stereocenters. The van der Waals surface area contributed by atoms with Crippen molar-refractivity contribution in [2.24, 2.45) is 0 Å². The third-order valence-electron chi connectivity index (χ3n) is 7.10. The van der Waals surface area contributed by atoms with Gasteiger partial charge in [0.2, 0.25) is 11.8 Å². The molecule has 3 amide bonds. The van der Waals surface area contributed by atoms with Crippen molar-refractivity contribution < 1.29 is 28.7 Å². The summed E-state index contributed by atoms with van der Waals surface area (Å²) >= 11 is 14.4. The maximum absolute atomic E-state index is 14.2. The first-order valence-corrected chi connectivity index (χ1v) is 14.3. The van der Waals surface area contributed by atoms with Crippen LogP contribution in [0, 0.1) is 0 Å². The zero-order chi connectivity index (χ0) is 30.0. The quantitative estimate of drug-likeness (QED) is 0.278. The van der Waals surface area contributed by atoms with Gasteiger partial charge in [-0.25, -0.2) is 9.59 Å². The smallest absolute Gasteiger partial charge is 0.410 e. The van der Waals surface area contributed by atoms with E-state index in [0.29, 0.717) is 25.1 Å². The minimum absolute atomic E-state index is 0.0852. The molecule has 4 rings (SSSR count). The van der Waals surface area contributed by atoms with Gasteiger partial charge in [-0.05, 0) is 65.5 Å². The Morgan fingerprint density at radius 2 is 1.75 bits per heavy atom. The molecule has 3 aliphatic rings. The van der Waals surface area contributed by atoms with Crippen LogP contribution in [0.1, 0.15) is 59.4 Å². The van der Waals surface area contributed by atoms with Gasteiger partial charge >= 0.3 is 12.1 Å². The van der Waals surface area contributed by atoms with Crippen molar-refractivity contribution in [3.63, 3.8) is 0 Å². The number of para-hydroxylation sites is 1. The van der Waals surface area contributed by atoms with E-state index < -0.39 is 45.5 Å². The van der Waals surface area contributed by atoms with Gasteiger partial charge in [-0.2, -0.15) is 0 Å². The second-order valence-corrected chi connectivity index (χ2v) is 13.2. The van der Waals surface area contributed by atoms with Crippen molar-refractivity contribution in [3.8, 4) is 0 Å². The van der Waals surface area contributed by atoms with Gasteiger partial charge in [0.05, 0.1) is 13.2 Å². The predicted molar refractivity (Wildman–Crippen MR) is 155 cm³/mol. The van der Waals surface area contributed by atoms with Crippen molar-refractivity contribution in [2.45, 2.75) is 87.3 Å². The number of likely N-dealkylation sites (tertiary alicyclic amines) is 2. The van der Waals surface area contributed by atoms with E-state index in [1.807, 2.05) is 44.2 Å². The average Bonchev–Trinajstić information content (AvgIpc) is 3.53. The SMILES string of the molecule is COC(=O)[C@H]1C[C@@]2(C(=O)Nc3ccccc32)[C@H](C=C(C)C)N1C(=O)[C@@H]1CCCN1C(=O)OC(C)(C)C.ClC(Cl)Cl. The molecule has 2 saturated heterocycles. The Kier molecular flexibility index (Phi) is 10.1. The number of rotatable bonds is 3. The molecular formula is C28H36Cl3N3O6. The summed E-state index contributed by atoms with van der Waals surface area (Å²) in [5.74, 6) is -1.23. The fraction of sp³-hybridized carbons (Fsp3) is 0.571. The molecule has 0 bridgehead atoms. The van der Waals surface area contributed by atoms with Crippen LogP contribution in [0.5, 0.6) is 0 Å². The number of nitrogens with zero attached hydrogens (tertiary/aromatic N) is 2. The van der Waals surface area contributed by atoms with Crippen LogP contribution >= 0.6 is 34.8 Å². The number of alkyl halides is 3. The Morgan fingerprint density at radius 3 is 2.33 bits per heavy atom. The molecule has 0 saturated carbocycles. The van der Waals surface area contributed by atoms with E-state index in [1.165, 1.54) is 16.9 Å². The standard InChI is InChI=1S/C27H35N3O6.CHCl3/c1-16(2)14-21-27(17-10-7-8-11-18(17)28-24(27)33)15-20(23(32)35-6)30(21)22(31)19-12-9-13-29(19)25(34)36-26(3,4)5;2-1(3)4/h7-8,10-11,14,19-21H,9,12-13,15H2,1-6H3,(H,28,33);1H/t19-,20+,21-,27-;/m0./s1. The number of allylic oxidation sites excluding steroid dienone is 1. The number of ether oxygens (including phenoxy) is 2.